The van der Waals surface area contributed by atoms with E-state index in [-0.39, 0.29) is 29.0 Å². The molecule has 1 saturated carbocycles. The second-order valence-electron chi connectivity index (χ2n) is 6.39. The number of anilines is 1. The van der Waals surface area contributed by atoms with Crippen LogP contribution in [0, 0.1) is 22.0 Å². The lowest BCUT2D eigenvalue weighted by Gasteiger charge is -2.33. The summed E-state index contributed by atoms with van der Waals surface area (Å²) in [5.41, 5.74) is 6.20. The number of carbonyl (C=O) groups excluding carboxylic acids is 1. The highest BCUT2D eigenvalue weighted by atomic mass is 19.4. The summed E-state index contributed by atoms with van der Waals surface area (Å²) < 4.78 is 40.3. The van der Waals surface area contributed by atoms with Gasteiger partial charge in [0.25, 0.3) is 0 Å². The number of nitrogens with zero attached hydrogens (tertiary/aromatic N) is 1. The van der Waals surface area contributed by atoms with E-state index in [1.165, 1.54) is 12.1 Å². The second kappa shape index (κ2) is 7.08. The van der Waals surface area contributed by atoms with Gasteiger partial charge >= 0.3 is 6.36 Å². The van der Waals surface area contributed by atoms with E-state index in [1.807, 2.05) is 0 Å². The quantitative estimate of drug-likeness (QED) is 0.547. The lowest BCUT2D eigenvalue weighted by Crippen LogP contribution is -2.50. The molecule has 2 aliphatic rings. The van der Waals surface area contributed by atoms with Gasteiger partial charge in [-0.2, -0.15) is 0 Å². The summed E-state index contributed by atoms with van der Waals surface area (Å²) in [5.74, 6) is -1.46. The first-order chi connectivity index (χ1) is 12.2. The fourth-order valence-corrected chi connectivity index (χ4v) is 3.51. The van der Waals surface area contributed by atoms with Crippen molar-refractivity contribution in [1.82, 2.24) is 10.9 Å². The number of halogens is 3. The molecule has 1 aliphatic carbocycles. The zero-order valence-corrected chi connectivity index (χ0v) is 13.5. The molecule has 1 amide bonds. The molecule has 142 valence electrons. The third kappa shape index (κ3) is 4.22. The molecule has 2 fully saturated rings. The number of carbonyl (C=O) groups is 1. The molecule has 0 radical (unpaired) electrons. The van der Waals surface area contributed by atoms with Gasteiger partial charge in [0.05, 0.1) is 5.92 Å². The van der Waals surface area contributed by atoms with Crippen molar-refractivity contribution in [2.75, 3.05) is 11.9 Å². The molecule has 1 saturated heterocycles. The van der Waals surface area contributed by atoms with Crippen molar-refractivity contribution in [1.29, 1.82) is 0 Å². The minimum absolute atomic E-state index is 0.0301. The average molecular weight is 374 g/mol. The highest BCUT2D eigenvalue weighted by Crippen LogP contribution is 2.34. The van der Waals surface area contributed by atoms with Crippen LogP contribution in [-0.4, -0.2) is 35.8 Å². The monoisotopic (exact) mass is 374 g/mol. The zero-order valence-electron chi connectivity index (χ0n) is 13.5. The van der Waals surface area contributed by atoms with Crippen molar-refractivity contribution in [3.05, 3.63) is 34.4 Å². The minimum Gasteiger partial charge on any atom is -0.406 e. The Labute approximate surface area is 146 Å². The molecule has 3 N–H and O–H groups in total. The maximum absolute atomic E-state index is 12.6. The van der Waals surface area contributed by atoms with Crippen LogP contribution in [0.1, 0.15) is 12.8 Å². The smallest absolute Gasteiger partial charge is 0.406 e. The molecule has 4 atom stereocenters. The Bertz CT molecular complexity index is 682. The van der Waals surface area contributed by atoms with Gasteiger partial charge in [-0.05, 0) is 30.2 Å². The second-order valence-corrected chi connectivity index (χ2v) is 6.39. The van der Waals surface area contributed by atoms with Crippen molar-refractivity contribution in [3.63, 3.8) is 0 Å². The number of benzene rings is 1. The van der Waals surface area contributed by atoms with Crippen molar-refractivity contribution in [3.8, 4) is 5.75 Å². The molecule has 4 unspecified atom stereocenters. The number of alkyl halides is 3. The number of hydrogen-bond donors (Lipinski definition) is 3. The van der Waals surface area contributed by atoms with E-state index in [9.17, 15) is 28.1 Å². The number of ether oxygens (including phenoxy) is 1. The number of hydrogen-bond acceptors (Lipinski definition) is 6. The molecule has 26 heavy (non-hydrogen) atoms. The maximum atomic E-state index is 12.6. The summed E-state index contributed by atoms with van der Waals surface area (Å²) in [6.07, 6.45) is -4.30. The van der Waals surface area contributed by atoms with Gasteiger partial charge in [-0.3, -0.25) is 25.8 Å². The number of rotatable bonds is 4. The molecule has 8 nitrogen and oxygen atoms in total. The Morgan fingerprint density at radius 1 is 1.27 bits per heavy atom. The highest BCUT2D eigenvalue weighted by Gasteiger charge is 2.47. The number of hydrazine groups is 1. The van der Waals surface area contributed by atoms with Gasteiger partial charge in [0.1, 0.15) is 5.75 Å². The Balaban J connectivity index is 1.67. The van der Waals surface area contributed by atoms with Crippen LogP contribution in [0.5, 0.6) is 5.75 Å². The van der Waals surface area contributed by atoms with Gasteiger partial charge < -0.3 is 10.1 Å². The van der Waals surface area contributed by atoms with Gasteiger partial charge in [0, 0.05) is 36.0 Å². The van der Waals surface area contributed by atoms with Crippen LogP contribution in [0.15, 0.2) is 24.3 Å². The van der Waals surface area contributed by atoms with Crippen molar-refractivity contribution < 1.29 is 27.6 Å². The lowest BCUT2D eigenvalue weighted by molar-refractivity contribution is -0.529. The summed E-state index contributed by atoms with van der Waals surface area (Å²) in [6.45, 7) is 0.544. The summed E-state index contributed by atoms with van der Waals surface area (Å²) in [6, 6.07) is 3.72. The fraction of sp³-hybridized carbons (Fsp3) is 0.533. The molecular weight excluding hydrogens is 357 g/mol. The summed E-state index contributed by atoms with van der Waals surface area (Å²) in [5, 5.41) is 13.8. The molecule has 1 aliphatic heterocycles. The van der Waals surface area contributed by atoms with Crippen LogP contribution in [0.25, 0.3) is 0 Å². The van der Waals surface area contributed by atoms with Gasteiger partial charge in [0.2, 0.25) is 11.9 Å². The average Bonchev–Trinajstić information content (AvgIpc) is 3.02. The van der Waals surface area contributed by atoms with E-state index >= 15 is 0 Å². The minimum atomic E-state index is -4.79. The first-order valence-electron chi connectivity index (χ1n) is 8.01. The lowest BCUT2D eigenvalue weighted by atomic mass is 9.75. The molecule has 0 bridgehead atoms. The number of nitrogens with one attached hydrogen (secondary N) is 3. The molecule has 1 aromatic carbocycles. The topological polar surface area (TPSA) is 106 Å². The zero-order chi connectivity index (χ0) is 18.9. The fourth-order valence-electron chi connectivity index (χ4n) is 3.51. The normalized spacial score (nSPS) is 28.3. The number of fused-ring (bicyclic) bond motifs is 1. The van der Waals surface area contributed by atoms with Crippen LogP contribution < -0.4 is 20.9 Å². The Kier molecular flexibility index (Phi) is 5.01. The van der Waals surface area contributed by atoms with Gasteiger partial charge in [-0.15, -0.1) is 13.2 Å². The molecule has 0 aromatic heterocycles. The number of nitro groups is 1. The van der Waals surface area contributed by atoms with Crippen molar-refractivity contribution >= 4 is 11.6 Å². The van der Waals surface area contributed by atoms with Gasteiger partial charge in [-0.25, -0.2) is 0 Å². The third-order valence-electron chi connectivity index (χ3n) is 4.67. The van der Waals surface area contributed by atoms with Crippen LogP contribution >= 0.6 is 0 Å². The Hall–Kier alpha value is -2.40. The molecule has 3 rings (SSSR count). The molecule has 1 aromatic rings. The maximum Gasteiger partial charge on any atom is 0.573 e. The van der Waals surface area contributed by atoms with Crippen LogP contribution in [0.2, 0.25) is 0 Å². The molecule has 0 spiro atoms. The third-order valence-corrected chi connectivity index (χ3v) is 4.67. The molecule has 11 heteroatoms. The van der Waals surface area contributed by atoms with E-state index in [0.29, 0.717) is 13.0 Å². The predicted molar refractivity (Wildman–Crippen MR) is 83.7 cm³/mol. The first kappa shape index (κ1) is 18.4. The summed E-state index contributed by atoms with van der Waals surface area (Å²) in [7, 11) is 0. The van der Waals surface area contributed by atoms with Gasteiger partial charge in [-0.1, -0.05) is 0 Å². The Morgan fingerprint density at radius 2 is 1.96 bits per heavy atom. The van der Waals surface area contributed by atoms with E-state index in [0.717, 1.165) is 12.1 Å². The van der Waals surface area contributed by atoms with E-state index in [4.69, 9.17) is 0 Å². The van der Waals surface area contributed by atoms with Crippen molar-refractivity contribution in [2.45, 2.75) is 31.3 Å². The van der Waals surface area contributed by atoms with E-state index in [2.05, 4.69) is 20.9 Å². The standard InChI is InChI=1S/C15H17F3N4O4/c16-15(17,18)26-11-3-1-9(2-4-11)20-14(23)12-6-10(22(24)25)5-8-7-19-21-13(8)12/h1-4,8,10,12-13,19,21H,5-7H2,(H,20,23). The van der Waals surface area contributed by atoms with Crippen molar-refractivity contribution in [2.24, 2.45) is 11.8 Å². The van der Waals surface area contributed by atoms with Crippen LogP contribution in [-0.2, 0) is 4.79 Å². The highest BCUT2D eigenvalue weighted by molar-refractivity contribution is 5.93. The Morgan fingerprint density at radius 3 is 2.58 bits per heavy atom. The van der Waals surface area contributed by atoms with E-state index < -0.39 is 30.0 Å². The van der Waals surface area contributed by atoms with Crippen LogP contribution in [0.3, 0.4) is 0 Å². The first-order valence-corrected chi connectivity index (χ1v) is 8.01. The van der Waals surface area contributed by atoms with Gasteiger partial charge in [0.15, 0.2) is 0 Å². The summed E-state index contributed by atoms with van der Waals surface area (Å²) in [4.78, 5) is 23.4. The SMILES string of the molecule is O=C(Nc1ccc(OC(F)(F)F)cc1)C1CC([N+](=O)[O-])CC2CNNC21. The molecular formula is C15H17F3N4O4. The largest absolute Gasteiger partial charge is 0.573 e. The predicted octanol–water partition coefficient (Wildman–Crippen LogP) is 1.67. The van der Waals surface area contributed by atoms with Crippen LogP contribution in [0.4, 0.5) is 18.9 Å². The van der Waals surface area contributed by atoms with E-state index in [1.54, 1.807) is 0 Å². The molecule has 1 heterocycles. The summed E-state index contributed by atoms with van der Waals surface area (Å²) >= 11 is 0. The number of amides is 1.